The molecule has 2 bridgehead atoms. The number of amides is 1. The van der Waals surface area contributed by atoms with Crippen molar-refractivity contribution in [3.05, 3.63) is 23.8 Å². The van der Waals surface area contributed by atoms with Gasteiger partial charge in [-0.15, -0.1) is 0 Å². The highest BCUT2D eigenvalue weighted by Gasteiger charge is 2.68. The molecule has 1 aromatic carbocycles. The molecule has 2 aliphatic carbocycles. The second-order valence-corrected chi connectivity index (χ2v) is 10.3. The van der Waals surface area contributed by atoms with Crippen LogP contribution in [0.2, 0.25) is 0 Å². The summed E-state index contributed by atoms with van der Waals surface area (Å²) in [5.41, 5.74) is 1.37. The zero-order valence-corrected chi connectivity index (χ0v) is 19.3. The van der Waals surface area contributed by atoms with Crippen LogP contribution in [-0.2, 0) is 9.53 Å². The van der Waals surface area contributed by atoms with Crippen molar-refractivity contribution in [2.24, 2.45) is 28.6 Å². The minimum atomic E-state index is 0.000727. The van der Waals surface area contributed by atoms with Crippen LogP contribution >= 0.6 is 0 Å². The van der Waals surface area contributed by atoms with Crippen molar-refractivity contribution in [1.29, 1.82) is 0 Å². The number of nitrogens with one attached hydrogen (secondary N) is 1. The summed E-state index contributed by atoms with van der Waals surface area (Å²) in [6.45, 7) is 12.0. The molecule has 30 heavy (non-hydrogen) atoms. The van der Waals surface area contributed by atoms with Gasteiger partial charge in [-0.2, -0.15) is 0 Å². The van der Waals surface area contributed by atoms with E-state index in [1.807, 2.05) is 26.8 Å². The predicted molar refractivity (Wildman–Crippen MR) is 117 cm³/mol. The molecule has 1 N–H and O–H groups in total. The van der Waals surface area contributed by atoms with E-state index in [0.29, 0.717) is 18.4 Å². The molecule has 1 amide bonds. The third-order valence-corrected chi connectivity index (χ3v) is 8.13. The molecule has 5 atom stereocenters. The Morgan fingerprint density at radius 1 is 1.30 bits per heavy atom. The van der Waals surface area contributed by atoms with Crippen molar-refractivity contribution in [3.8, 4) is 11.5 Å². The standard InChI is InChI=1S/C25H37NO4/c1-7-29-19-9-8-16(12-20(19)28-6)21-18-13-17-14-25(18,10-11-30-21)23(24(17,4)5)26-22(27)15(2)3/h8-9,12,15,17-18,21,23H,7,10-11,13-14H2,1-6H3,(H,26,27)/t17-,18-,21-,23+,25?/m1/s1. The first-order valence-corrected chi connectivity index (χ1v) is 11.5. The van der Waals surface area contributed by atoms with Gasteiger partial charge in [0.25, 0.3) is 0 Å². The number of hydrogen-bond donors (Lipinski definition) is 1. The minimum absolute atomic E-state index is 0.000727. The van der Waals surface area contributed by atoms with E-state index in [1.165, 1.54) is 6.42 Å². The van der Waals surface area contributed by atoms with Crippen LogP contribution in [0.25, 0.3) is 0 Å². The number of carbonyl (C=O) groups excluding carboxylic acids is 1. The first-order chi connectivity index (χ1) is 14.2. The zero-order valence-electron chi connectivity index (χ0n) is 19.3. The number of hydrogen-bond acceptors (Lipinski definition) is 4. The van der Waals surface area contributed by atoms with Gasteiger partial charge in [-0.1, -0.05) is 33.8 Å². The molecular formula is C25H37NO4. The lowest BCUT2D eigenvalue weighted by Crippen LogP contribution is -2.59. The highest BCUT2D eigenvalue weighted by Crippen LogP contribution is 2.70. The van der Waals surface area contributed by atoms with Crippen LogP contribution in [0.5, 0.6) is 11.5 Å². The minimum Gasteiger partial charge on any atom is -0.493 e. The molecule has 166 valence electrons. The van der Waals surface area contributed by atoms with Gasteiger partial charge in [0.2, 0.25) is 5.91 Å². The van der Waals surface area contributed by atoms with Gasteiger partial charge >= 0.3 is 0 Å². The summed E-state index contributed by atoms with van der Waals surface area (Å²) in [6, 6.07) is 6.39. The average Bonchev–Trinajstić information content (AvgIpc) is 3.20. The number of fused-ring (bicyclic) bond motifs is 1. The van der Waals surface area contributed by atoms with Crippen molar-refractivity contribution in [3.63, 3.8) is 0 Å². The molecule has 0 radical (unpaired) electrons. The molecule has 1 aromatic rings. The largest absolute Gasteiger partial charge is 0.493 e. The molecule has 1 aliphatic heterocycles. The summed E-state index contributed by atoms with van der Waals surface area (Å²) in [4.78, 5) is 12.7. The molecule has 0 aromatic heterocycles. The third-order valence-electron chi connectivity index (χ3n) is 8.13. The highest BCUT2D eigenvalue weighted by molar-refractivity contribution is 5.78. The normalized spacial score (nSPS) is 34.0. The maximum atomic E-state index is 12.7. The summed E-state index contributed by atoms with van der Waals surface area (Å²) < 4.78 is 17.7. The molecule has 5 nitrogen and oxygen atoms in total. The number of benzene rings is 1. The first kappa shape index (κ1) is 21.5. The Balaban J connectivity index is 1.67. The number of carbonyl (C=O) groups is 1. The van der Waals surface area contributed by atoms with Gasteiger partial charge in [0, 0.05) is 18.6 Å². The second-order valence-electron chi connectivity index (χ2n) is 10.3. The summed E-state index contributed by atoms with van der Waals surface area (Å²) in [7, 11) is 1.68. The topological polar surface area (TPSA) is 56.8 Å². The average molecular weight is 416 g/mol. The number of rotatable bonds is 6. The van der Waals surface area contributed by atoms with E-state index < -0.39 is 0 Å². The van der Waals surface area contributed by atoms with E-state index in [-0.39, 0.29) is 34.8 Å². The van der Waals surface area contributed by atoms with E-state index in [1.54, 1.807) is 7.11 Å². The zero-order chi connectivity index (χ0) is 21.7. The smallest absolute Gasteiger partial charge is 0.222 e. The lowest BCUT2D eigenvalue weighted by Gasteiger charge is -2.53. The Morgan fingerprint density at radius 3 is 2.73 bits per heavy atom. The lowest BCUT2D eigenvalue weighted by atomic mass is 9.58. The molecular weight excluding hydrogens is 378 g/mol. The maximum Gasteiger partial charge on any atom is 0.222 e. The van der Waals surface area contributed by atoms with Crippen molar-refractivity contribution in [2.45, 2.75) is 66.0 Å². The quantitative estimate of drug-likeness (QED) is 0.729. The number of ether oxygens (including phenoxy) is 3. The fourth-order valence-electron chi connectivity index (χ4n) is 6.56. The Bertz CT molecular complexity index is 804. The fraction of sp³-hybridized carbons (Fsp3) is 0.720. The molecule has 2 saturated carbocycles. The van der Waals surface area contributed by atoms with Gasteiger partial charge in [0.05, 0.1) is 19.8 Å². The molecule has 3 fully saturated rings. The molecule has 1 spiro atoms. The molecule has 4 rings (SSSR count). The summed E-state index contributed by atoms with van der Waals surface area (Å²) in [5, 5.41) is 3.47. The van der Waals surface area contributed by atoms with Crippen LogP contribution in [0.15, 0.2) is 18.2 Å². The van der Waals surface area contributed by atoms with E-state index in [4.69, 9.17) is 14.2 Å². The van der Waals surface area contributed by atoms with Crippen LogP contribution in [0, 0.1) is 28.6 Å². The SMILES string of the molecule is CCOc1ccc([C@H]2OCCC34C[C@@H](C[C@H]23)C(C)(C)[C@@H]4NC(=O)C(C)C)cc1OC. The second kappa shape index (κ2) is 7.74. The van der Waals surface area contributed by atoms with Crippen LogP contribution in [0.4, 0.5) is 0 Å². The Kier molecular flexibility index (Phi) is 5.54. The lowest BCUT2D eigenvalue weighted by molar-refractivity contribution is -0.139. The maximum absolute atomic E-state index is 12.7. The third kappa shape index (κ3) is 3.21. The van der Waals surface area contributed by atoms with E-state index in [0.717, 1.165) is 36.5 Å². The van der Waals surface area contributed by atoms with Gasteiger partial charge in [0.1, 0.15) is 0 Å². The summed E-state index contributed by atoms with van der Waals surface area (Å²) in [6.07, 6.45) is 3.39. The van der Waals surface area contributed by atoms with Gasteiger partial charge in [0.15, 0.2) is 11.5 Å². The monoisotopic (exact) mass is 415 g/mol. The van der Waals surface area contributed by atoms with Gasteiger partial charge in [-0.05, 0) is 66.5 Å². The fourth-order valence-corrected chi connectivity index (χ4v) is 6.56. The Hall–Kier alpha value is -1.75. The summed E-state index contributed by atoms with van der Waals surface area (Å²) in [5.74, 6) is 2.70. The van der Waals surface area contributed by atoms with Crippen molar-refractivity contribution < 1.29 is 19.0 Å². The van der Waals surface area contributed by atoms with Crippen LogP contribution in [0.1, 0.15) is 65.5 Å². The van der Waals surface area contributed by atoms with Gasteiger partial charge in [-0.3, -0.25) is 4.79 Å². The van der Waals surface area contributed by atoms with Gasteiger partial charge in [-0.25, -0.2) is 0 Å². The number of methoxy groups -OCH3 is 1. The van der Waals surface area contributed by atoms with Crippen LogP contribution in [0.3, 0.4) is 0 Å². The summed E-state index contributed by atoms with van der Waals surface area (Å²) >= 11 is 0. The highest BCUT2D eigenvalue weighted by atomic mass is 16.5. The Labute approximate surface area is 180 Å². The Morgan fingerprint density at radius 2 is 2.07 bits per heavy atom. The van der Waals surface area contributed by atoms with Crippen LogP contribution in [-0.4, -0.2) is 32.3 Å². The van der Waals surface area contributed by atoms with Gasteiger partial charge < -0.3 is 19.5 Å². The van der Waals surface area contributed by atoms with Crippen molar-refractivity contribution in [1.82, 2.24) is 5.32 Å². The first-order valence-electron chi connectivity index (χ1n) is 11.5. The van der Waals surface area contributed by atoms with E-state index in [2.05, 4.69) is 31.3 Å². The molecule has 1 heterocycles. The molecule has 1 saturated heterocycles. The van der Waals surface area contributed by atoms with Crippen molar-refractivity contribution >= 4 is 5.91 Å². The van der Waals surface area contributed by atoms with Crippen molar-refractivity contribution in [2.75, 3.05) is 20.3 Å². The van der Waals surface area contributed by atoms with E-state index >= 15 is 0 Å². The molecule has 5 heteroatoms. The predicted octanol–water partition coefficient (Wildman–Crippen LogP) is 4.75. The molecule has 3 aliphatic rings. The molecule has 1 unspecified atom stereocenters. The van der Waals surface area contributed by atoms with Crippen LogP contribution < -0.4 is 14.8 Å². The van der Waals surface area contributed by atoms with E-state index in [9.17, 15) is 4.79 Å².